The fourth-order valence-electron chi connectivity index (χ4n) is 3.03. The molecule has 2 aromatic heterocycles. The number of para-hydroxylation sites is 1. The Morgan fingerprint density at radius 2 is 2.23 bits per heavy atom. The largest absolute Gasteiger partial charge is 0.547 e. The van der Waals surface area contributed by atoms with Gasteiger partial charge in [-0.15, -0.1) is 11.3 Å². The van der Waals surface area contributed by atoms with Crippen molar-refractivity contribution in [3.05, 3.63) is 59.1 Å². The van der Waals surface area contributed by atoms with E-state index < -0.39 is 24.9 Å². The highest BCUT2D eigenvalue weighted by Crippen LogP contribution is 2.30. The number of amides is 1. The average Bonchev–Trinajstić information content (AvgIpc) is 3.40. The Morgan fingerprint density at radius 1 is 1.40 bits per heavy atom. The van der Waals surface area contributed by atoms with Crippen LogP contribution in [-0.4, -0.2) is 60.5 Å². The summed E-state index contributed by atoms with van der Waals surface area (Å²) in [6, 6.07) is 4.56. The topological polar surface area (TPSA) is 159 Å². The van der Waals surface area contributed by atoms with Gasteiger partial charge in [0, 0.05) is 17.8 Å². The summed E-state index contributed by atoms with van der Waals surface area (Å²) in [7, 11) is -1.49. The summed E-state index contributed by atoms with van der Waals surface area (Å²) < 4.78 is 6.98. The number of carbonyl (C=O) groups is 2. The normalized spacial score (nSPS) is 16.0. The first-order chi connectivity index (χ1) is 14.5. The molecule has 4 rings (SSSR count). The van der Waals surface area contributed by atoms with Gasteiger partial charge in [-0.1, -0.05) is 17.3 Å². The van der Waals surface area contributed by atoms with Crippen molar-refractivity contribution in [2.24, 2.45) is 5.16 Å². The number of nitrogens with zero attached hydrogens (tertiary/aromatic N) is 4. The van der Waals surface area contributed by atoms with E-state index in [2.05, 4.69) is 20.4 Å². The number of aromatic carboxylic acids is 1. The molecule has 30 heavy (non-hydrogen) atoms. The molecule has 1 aliphatic rings. The maximum absolute atomic E-state index is 12.7. The zero-order chi connectivity index (χ0) is 21.3. The molecule has 0 radical (unpaired) electrons. The van der Waals surface area contributed by atoms with E-state index >= 15 is 0 Å². The fourth-order valence-corrected chi connectivity index (χ4v) is 3.79. The summed E-state index contributed by atoms with van der Waals surface area (Å²) in [5.74, 6) is -2.79. The number of imidazole rings is 1. The second-order valence-electron chi connectivity index (χ2n) is 6.33. The van der Waals surface area contributed by atoms with Crippen molar-refractivity contribution in [2.45, 2.75) is 12.4 Å². The first-order valence-electron chi connectivity index (χ1n) is 8.65. The number of benzene rings is 1. The molecule has 1 aromatic carbocycles. The third-order valence-electron chi connectivity index (χ3n) is 4.44. The number of oxime groups is 1. The monoisotopic (exact) mass is 427 g/mol. The number of carbonyl (C=O) groups excluding carboxylic acids is 1. The van der Waals surface area contributed by atoms with Crippen molar-refractivity contribution in [1.82, 2.24) is 19.9 Å². The number of nitrogens with one attached hydrogen (secondary N) is 1. The Hall–Kier alpha value is -3.71. The van der Waals surface area contributed by atoms with E-state index in [1.807, 2.05) is 0 Å². The summed E-state index contributed by atoms with van der Waals surface area (Å²) in [4.78, 5) is 32.2. The molecule has 1 amide bonds. The van der Waals surface area contributed by atoms with Crippen LogP contribution in [0.5, 0.6) is 5.75 Å². The van der Waals surface area contributed by atoms with Gasteiger partial charge in [0.1, 0.15) is 17.8 Å². The number of hydrogen-bond acceptors (Lipinski definition) is 9. The Bertz CT molecular complexity index is 1130. The molecule has 1 atom stereocenters. The lowest BCUT2D eigenvalue weighted by Crippen LogP contribution is -2.54. The zero-order valence-corrected chi connectivity index (χ0v) is 16.0. The Labute approximate surface area is 173 Å². The van der Waals surface area contributed by atoms with Crippen LogP contribution in [0.2, 0.25) is 0 Å². The van der Waals surface area contributed by atoms with Crippen LogP contribution in [0.15, 0.2) is 47.5 Å². The second kappa shape index (κ2) is 7.97. The highest BCUT2D eigenvalue weighted by molar-refractivity contribution is 7.12. The van der Waals surface area contributed by atoms with E-state index in [1.165, 1.54) is 23.7 Å². The van der Waals surface area contributed by atoms with Crippen molar-refractivity contribution in [3.8, 4) is 10.9 Å². The molecule has 3 aromatic rings. The Kier molecular flexibility index (Phi) is 5.21. The number of thiazole rings is 1. The number of aromatic nitrogens is 3. The molecule has 152 valence electrons. The highest BCUT2D eigenvalue weighted by Gasteiger charge is 2.38. The maximum Gasteiger partial charge on any atom is 0.547 e. The molecule has 0 bridgehead atoms. The fraction of sp³-hybridized carbons (Fsp3) is 0.118. The van der Waals surface area contributed by atoms with Crippen LogP contribution in [-0.2, 0) is 11.2 Å². The van der Waals surface area contributed by atoms with Crippen LogP contribution >= 0.6 is 11.3 Å². The van der Waals surface area contributed by atoms with Gasteiger partial charge < -0.3 is 25.3 Å². The number of rotatable bonds is 5. The summed E-state index contributed by atoms with van der Waals surface area (Å²) >= 11 is 1.22. The third-order valence-corrected chi connectivity index (χ3v) is 5.30. The number of carboxylic acid groups (broad SMARTS) is 1. The average molecular weight is 427 g/mol. The van der Waals surface area contributed by atoms with Gasteiger partial charge in [-0.2, -0.15) is 0 Å². The molecule has 0 aliphatic carbocycles. The minimum Gasteiger partial charge on any atom is -0.534 e. The predicted molar refractivity (Wildman–Crippen MR) is 105 cm³/mol. The van der Waals surface area contributed by atoms with Gasteiger partial charge in [0.25, 0.3) is 5.91 Å². The molecule has 0 spiro atoms. The van der Waals surface area contributed by atoms with Crippen LogP contribution in [0.1, 0.15) is 21.6 Å². The first-order valence-corrected chi connectivity index (χ1v) is 9.53. The molecule has 1 aliphatic heterocycles. The van der Waals surface area contributed by atoms with Crippen LogP contribution < -0.4 is 9.97 Å². The highest BCUT2D eigenvalue weighted by atomic mass is 32.1. The van der Waals surface area contributed by atoms with Crippen molar-refractivity contribution >= 4 is 36.0 Å². The number of hydrogen-bond donors (Lipinski definition) is 4. The van der Waals surface area contributed by atoms with Crippen molar-refractivity contribution in [2.75, 3.05) is 0 Å². The molecule has 4 N–H and O–H groups in total. The van der Waals surface area contributed by atoms with Crippen LogP contribution in [0, 0.1) is 0 Å². The second-order valence-corrected chi connectivity index (χ2v) is 7.16. The summed E-state index contributed by atoms with van der Waals surface area (Å²) in [5.41, 5.74) is 0.242. The lowest BCUT2D eigenvalue weighted by molar-refractivity contribution is -0.115. The van der Waals surface area contributed by atoms with Crippen LogP contribution in [0.3, 0.4) is 0 Å². The van der Waals surface area contributed by atoms with Gasteiger partial charge in [-0.25, -0.2) is 14.8 Å². The van der Waals surface area contributed by atoms with E-state index in [-0.39, 0.29) is 29.1 Å². The van der Waals surface area contributed by atoms with E-state index in [0.717, 1.165) is 0 Å². The Balaban J connectivity index is 1.52. The quantitative estimate of drug-likeness (QED) is 0.196. The standard InChI is InChI=1S/C17H14BN5O6S/c24-15(13(22-28)11-7-30-17(20-11)23-5-4-19-8-23)21-12-6-9-2-1-3-10(16(25)26)14(9)29-18(12)27/h1-5,7-8,12,27-28H,6H2,(H,21,24)(H,25,26). The van der Waals surface area contributed by atoms with E-state index in [0.29, 0.717) is 10.7 Å². The van der Waals surface area contributed by atoms with E-state index in [9.17, 15) is 24.9 Å². The molecule has 0 saturated carbocycles. The summed E-state index contributed by atoms with van der Waals surface area (Å²) in [6.45, 7) is 0. The first kappa shape index (κ1) is 19.6. The van der Waals surface area contributed by atoms with Crippen molar-refractivity contribution in [3.63, 3.8) is 0 Å². The van der Waals surface area contributed by atoms with E-state index in [1.54, 1.807) is 34.5 Å². The van der Waals surface area contributed by atoms with Gasteiger partial charge in [0.05, 0.1) is 11.5 Å². The maximum atomic E-state index is 12.7. The molecule has 0 saturated heterocycles. The van der Waals surface area contributed by atoms with Gasteiger partial charge in [-0.3, -0.25) is 9.36 Å². The zero-order valence-electron chi connectivity index (χ0n) is 15.2. The minimum atomic E-state index is -1.49. The molecule has 0 fully saturated rings. The molecule has 11 nitrogen and oxygen atoms in total. The van der Waals surface area contributed by atoms with Gasteiger partial charge >= 0.3 is 13.1 Å². The summed E-state index contributed by atoms with van der Waals surface area (Å²) in [6.07, 6.45) is 4.92. The van der Waals surface area contributed by atoms with Crippen molar-refractivity contribution < 1.29 is 29.6 Å². The van der Waals surface area contributed by atoms with Gasteiger partial charge in [-0.05, 0) is 18.1 Å². The molecule has 3 heterocycles. The van der Waals surface area contributed by atoms with E-state index in [4.69, 9.17) is 4.65 Å². The SMILES string of the molecule is O=C(NC1Cc2cccc(C(=O)O)c2OB1O)C(=NO)c1csc(-n2ccnc2)n1. The molecular formula is C17H14BN5O6S. The lowest BCUT2D eigenvalue weighted by Gasteiger charge is -2.28. The van der Waals surface area contributed by atoms with Crippen LogP contribution in [0.4, 0.5) is 0 Å². The number of fused-ring (bicyclic) bond motifs is 1. The lowest BCUT2D eigenvalue weighted by atomic mass is 9.72. The van der Waals surface area contributed by atoms with Crippen LogP contribution in [0.25, 0.3) is 5.13 Å². The number of carboxylic acids is 1. The van der Waals surface area contributed by atoms with Gasteiger partial charge in [0.2, 0.25) is 0 Å². The minimum absolute atomic E-state index is 0.0588. The predicted octanol–water partition coefficient (Wildman–Crippen LogP) is 0.345. The molecule has 1 unspecified atom stereocenters. The summed E-state index contributed by atoms with van der Waals surface area (Å²) in [5, 5.41) is 36.5. The van der Waals surface area contributed by atoms with Gasteiger partial charge in [0.15, 0.2) is 10.8 Å². The molecular weight excluding hydrogens is 413 g/mol. The third kappa shape index (κ3) is 3.63. The smallest absolute Gasteiger partial charge is 0.534 e. The Morgan fingerprint density at radius 3 is 2.93 bits per heavy atom. The van der Waals surface area contributed by atoms with Crippen molar-refractivity contribution in [1.29, 1.82) is 0 Å². The molecule has 13 heteroatoms.